The highest BCUT2D eigenvalue weighted by molar-refractivity contribution is 5.00. The first kappa shape index (κ1) is 55.1. The van der Waals surface area contributed by atoms with Crippen LogP contribution >= 0.6 is 0 Å². The third kappa shape index (κ3) is 11.2. The third-order valence-electron chi connectivity index (χ3n) is 12.4. The number of aliphatic hydroxyl groups excluding tert-OH is 20. The molecule has 0 aromatic heterocycles. The number of rotatable bonds is 16. The van der Waals surface area contributed by atoms with Gasteiger partial charge < -0.3 is 154 Å². The fraction of sp³-hybridized carbons (Fsp3) is 1.00. The van der Waals surface area contributed by atoms with Crippen LogP contribution in [0.4, 0.5) is 0 Å². The van der Waals surface area contributed by atoms with Crippen LogP contribution in [0.2, 0.25) is 0 Å². The van der Waals surface area contributed by atoms with E-state index in [1.165, 1.54) is 0 Å². The van der Waals surface area contributed by atoms with Gasteiger partial charge in [0.25, 0.3) is 0 Å². The van der Waals surface area contributed by atoms with Crippen LogP contribution in [-0.4, -0.2) is 326 Å². The van der Waals surface area contributed by atoms with Gasteiger partial charge in [0, 0.05) is 0 Å². The van der Waals surface area contributed by atoms with Crippen LogP contribution in [0.15, 0.2) is 0 Å². The van der Waals surface area contributed by atoms with E-state index in [0.29, 0.717) is 0 Å². The highest BCUT2D eigenvalue weighted by Gasteiger charge is 2.58. The zero-order chi connectivity index (χ0) is 49.3. The lowest BCUT2D eigenvalue weighted by atomic mass is 9.95. The lowest BCUT2D eigenvalue weighted by molar-refractivity contribution is -0.401. The molecule has 0 saturated carbocycles. The molecule has 6 aliphatic heterocycles. The van der Waals surface area contributed by atoms with Gasteiger partial charge in [-0.05, 0) is 0 Å². The maximum atomic E-state index is 11.6. The Bertz CT molecular complexity index is 1500. The van der Waals surface area contributed by atoms with Gasteiger partial charge in [-0.1, -0.05) is 0 Å². The molecule has 20 N–H and O–H groups in total. The molecule has 31 heteroatoms. The molecular formula is C36H62O31. The lowest BCUT2D eigenvalue weighted by Gasteiger charge is -2.50. The summed E-state index contributed by atoms with van der Waals surface area (Å²) in [6, 6.07) is 0. The van der Waals surface area contributed by atoms with Gasteiger partial charge in [0.1, 0.15) is 146 Å². The minimum atomic E-state index is -2.27. The molecule has 6 aliphatic rings. The summed E-state index contributed by atoms with van der Waals surface area (Å²) in [5, 5.41) is 211. The maximum absolute atomic E-state index is 11.6. The summed E-state index contributed by atoms with van der Waals surface area (Å²) < 4.78 is 61.1. The van der Waals surface area contributed by atoms with Crippen molar-refractivity contribution >= 4 is 0 Å². The topological polar surface area (TPSA) is 506 Å². The summed E-state index contributed by atoms with van der Waals surface area (Å²) in [6.07, 6.45) is -58.3. The summed E-state index contributed by atoms with van der Waals surface area (Å²) in [5.74, 6) is 0. The summed E-state index contributed by atoms with van der Waals surface area (Å²) in [6.45, 7) is -5.82. The van der Waals surface area contributed by atoms with Gasteiger partial charge in [0.05, 0.1) is 39.6 Å². The van der Waals surface area contributed by atoms with Gasteiger partial charge in [-0.15, -0.1) is 0 Å². The molecule has 6 heterocycles. The maximum Gasteiger partial charge on any atom is 0.187 e. The van der Waals surface area contributed by atoms with Crippen LogP contribution in [0.1, 0.15) is 0 Å². The highest BCUT2D eigenvalue weighted by atomic mass is 16.8. The van der Waals surface area contributed by atoms with Gasteiger partial charge in [-0.25, -0.2) is 0 Å². The summed E-state index contributed by atoms with van der Waals surface area (Å²) >= 11 is 0. The van der Waals surface area contributed by atoms with Gasteiger partial charge in [-0.2, -0.15) is 0 Å². The fourth-order valence-corrected chi connectivity index (χ4v) is 8.49. The lowest BCUT2D eigenvalue weighted by Crippen LogP contribution is -2.68. The zero-order valence-electron chi connectivity index (χ0n) is 35.0. The second kappa shape index (κ2) is 23.5. The minimum absolute atomic E-state index is 0.852. The normalized spacial score (nSPS) is 53.4. The zero-order valence-corrected chi connectivity index (χ0v) is 35.0. The molecule has 6 rings (SSSR count). The Balaban J connectivity index is 1.19. The monoisotopic (exact) mass is 990 g/mol. The SMILES string of the molecule is OC[C@H]1O[C@H](O[C@@H]2[C@@H](O)[C@@H](O[C@@H]3[C@@H](O)[C@@H](O[C@@H]4[C@@H](O)[C@@H](O)O[C@H](CO)[C@H]4O[C@H]4O[C@H](CO)[C@@H](O[C@H]5O[C@H](CO)[C@@H](O)[C@H](O)[C@H]5O)[C@H](O)[C@H]4O)O[C@H](CO)[C@H]3O)O[C@H](CO)[C@H]2O)[C@H](O)[C@@H](O)[C@@H]1O. The Hall–Kier alpha value is -1.24. The quantitative estimate of drug-likeness (QED) is 0.0683. The molecule has 6 fully saturated rings. The molecule has 6 saturated heterocycles. The Morgan fingerprint density at radius 2 is 0.507 bits per heavy atom. The molecule has 0 radical (unpaired) electrons. The molecule has 0 bridgehead atoms. The molecule has 31 nitrogen and oxygen atoms in total. The second-order valence-electron chi connectivity index (χ2n) is 16.8. The van der Waals surface area contributed by atoms with Crippen molar-refractivity contribution in [2.45, 2.75) is 184 Å². The first-order chi connectivity index (χ1) is 31.8. The standard InChI is InChI=1S/C36H62O31/c37-1-7-13(43)17(47)20(50)32(58-7)63-26-11(5-41)62-34(22(52)19(26)49)64-27-12(6-42)57-31(56)23(53)30(27)67-36-25(55)29(16(46)10(4-40)61-36)66-35-24(54)28(15(45)9(3-39)60-35)65-33-21(51)18(48)14(44)8(2-38)59-33/h7-56H,1-6H2/t7-,8-,9-,10-,11-,12-,13-,14-,15-,16-,17+,18+,19-,20-,21-,22-,23-,24-,25-,26-,27-,28+,29+,30-,31+,32-,33-,34-,35-,36-/m1/s1. The van der Waals surface area contributed by atoms with Crippen LogP contribution in [0.3, 0.4) is 0 Å². The van der Waals surface area contributed by atoms with Crippen LogP contribution in [-0.2, 0) is 52.1 Å². The van der Waals surface area contributed by atoms with Crippen LogP contribution in [0.25, 0.3) is 0 Å². The van der Waals surface area contributed by atoms with E-state index in [-0.39, 0.29) is 0 Å². The third-order valence-corrected chi connectivity index (χ3v) is 12.4. The first-order valence-electron chi connectivity index (χ1n) is 21.1. The molecule has 0 amide bonds. The molecule has 67 heavy (non-hydrogen) atoms. The van der Waals surface area contributed by atoms with E-state index in [4.69, 9.17) is 52.1 Å². The summed E-state index contributed by atoms with van der Waals surface area (Å²) in [7, 11) is 0. The fourth-order valence-electron chi connectivity index (χ4n) is 8.49. The Morgan fingerprint density at radius 3 is 0.896 bits per heavy atom. The van der Waals surface area contributed by atoms with Crippen molar-refractivity contribution in [3.8, 4) is 0 Å². The van der Waals surface area contributed by atoms with Crippen molar-refractivity contribution in [1.82, 2.24) is 0 Å². The molecule has 0 aromatic rings. The molecule has 30 atom stereocenters. The van der Waals surface area contributed by atoms with Gasteiger partial charge in [0.2, 0.25) is 0 Å². The summed E-state index contributed by atoms with van der Waals surface area (Å²) in [5.41, 5.74) is 0. The van der Waals surface area contributed by atoms with Crippen LogP contribution in [0.5, 0.6) is 0 Å². The van der Waals surface area contributed by atoms with Crippen molar-refractivity contribution in [2.75, 3.05) is 39.6 Å². The van der Waals surface area contributed by atoms with Gasteiger partial charge in [-0.3, -0.25) is 0 Å². The predicted molar refractivity (Wildman–Crippen MR) is 199 cm³/mol. The van der Waals surface area contributed by atoms with E-state index in [2.05, 4.69) is 0 Å². The number of hydrogen-bond donors (Lipinski definition) is 20. The minimum Gasteiger partial charge on any atom is -0.394 e. The van der Waals surface area contributed by atoms with Crippen LogP contribution in [0, 0.1) is 0 Å². The number of ether oxygens (including phenoxy) is 11. The summed E-state index contributed by atoms with van der Waals surface area (Å²) in [4.78, 5) is 0. The Kier molecular flexibility index (Phi) is 19.4. The van der Waals surface area contributed by atoms with E-state index in [1.807, 2.05) is 0 Å². The van der Waals surface area contributed by atoms with Crippen LogP contribution < -0.4 is 0 Å². The molecule has 0 spiro atoms. The van der Waals surface area contributed by atoms with Crippen molar-refractivity contribution in [2.24, 2.45) is 0 Å². The molecule has 0 aromatic carbocycles. The molecule has 392 valence electrons. The van der Waals surface area contributed by atoms with Crippen molar-refractivity contribution in [1.29, 1.82) is 0 Å². The second-order valence-corrected chi connectivity index (χ2v) is 16.8. The number of hydrogen-bond acceptors (Lipinski definition) is 31. The van der Waals surface area contributed by atoms with Crippen molar-refractivity contribution < 1.29 is 154 Å². The van der Waals surface area contributed by atoms with E-state index in [0.717, 1.165) is 0 Å². The smallest absolute Gasteiger partial charge is 0.187 e. The molecular weight excluding hydrogens is 928 g/mol. The predicted octanol–water partition coefficient (Wildman–Crippen LogP) is -14.1. The van der Waals surface area contributed by atoms with Gasteiger partial charge >= 0.3 is 0 Å². The first-order valence-corrected chi connectivity index (χ1v) is 21.1. The average Bonchev–Trinajstić information content (AvgIpc) is 3.32. The van der Waals surface area contributed by atoms with Crippen molar-refractivity contribution in [3.63, 3.8) is 0 Å². The Morgan fingerprint density at radius 1 is 0.224 bits per heavy atom. The Labute approximate surface area is 378 Å². The van der Waals surface area contributed by atoms with Gasteiger partial charge in [0.15, 0.2) is 37.7 Å². The highest BCUT2D eigenvalue weighted by Crippen LogP contribution is 2.37. The number of aliphatic hydroxyl groups is 20. The van der Waals surface area contributed by atoms with E-state index in [9.17, 15) is 102 Å². The van der Waals surface area contributed by atoms with E-state index >= 15 is 0 Å². The largest absolute Gasteiger partial charge is 0.394 e. The average molecular weight is 991 g/mol. The van der Waals surface area contributed by atoms with Crippen molar-refractivity contribution in [3.05, 3.63) is 0 Å². The van der Waals surface area contributed by atoms with E-state index < -0.39 is 224 Å². The molecule has 0 aliphatic carbocycles. The van der Waals surface area contributed by atoms with E-state index in [1.54, 1.807) is 0 Å². The molecule has 0 unspecified atom stereocenters.